The van der Waals surface area contributed by atoms with Gasteiger partial charge in [-0.15, -0.1) is 13.2 Å². The van der Waals surface area contributed by atoms with Gasteiger partial charge in [0.05, 0.1) is 18.5 Å². The monoisotopic (exact) mass is 449 g/mol. The summed E-state index contributed by atoms with van der Waals surface area (Å²) in [6.45, 7) is -0.435. The van der Waals surface area contributed by atoms with Crippen LogP contribution in [0.15, 0.2) is 54.6 Å². The van der Waals surface area contributed by atoms with Crippen molar-refractivity contribution in [1.29, 1.82) is 0 Å². The molecule has 2 saturated heterocycles. The number of nitrogens with zero attached hydrogens (tertiary/aromatic N) is 2. The number of carbonyl (C=O) groups is 3. The lowest BCUT2D eigenvalue weighted by atomic mass is 9.90. The van der Waals surface area contributed by atoms with Crippen LogP contribution in [0.1, 0.15) is 17.2 Å². The van der Waals surface area contributed by atoms with E-state index < -0.39 is 54.4 Å². The maximum Gasteiger partial charge on any atom is 0.573 e. The number of rotatable bonds is 6. The van der Waals surface area contributed by atoms with Gasteiger partial charge >= 0.3 is 6.36 Å². The van der Waals surface area contributed by atoms with Gasteiger partial charge in [-0.25, -0.2) is 0 Å². The first-order valence-corrected chi connectivity index (χ1v) is 9.60. The highest BCUT2D eigenvalue weighted by Crippen LogP contribution is 2.45. The minimum atomic E-state index is -4.91. The molecule has 4 rings (SSSR count). The van der Waals surface area contributed by atoms with E-state index in [2.05, 4.69) is 4.74 Å². The van der Waals surface area contributed by atoms with Gasteiger partial charge in [0.2, 0.25) is 11.8 Å². The van der Waals surface area contributed by atoms with E-state index in [0.29, 0.717) is 0 Å². The van der Waals surface area contributed by atoms with Crippen LogP contribution in [0.5, 0.6) is 5.75 Å². The van der Waals surface area contributed by atoms with Gasteiger partial charge in [0, 0.05) is 0 Å². The molecule has 168 valence electrons. The molecule has 2 N–H and O–H groups in total. The van der Waals surface area contributed by atoms with Crippen molar-refractivity contribution < 1.29 is 37.1 Å². The number of fused-ring (bicyclic) bond motifs is 1. The lowest BCUT2D eigenvalue weighted by Crippen LogP contribution is -2.39. The van der Waals surface area contributed by atoms with E-state index in [1.165, 1.54) is 12.1 Å². The van der Waals surface area contributed by atoms with Gasteiger partial charge in [-0.05, 0) is 23.3 Å². The Morgan fingerprint density at radius 3 is 2.44 bits per heavy atom. The fourth-order valence-corrected chi connectivity index (χ4v) is 4.01. The van der Waals surface area contributed by atoms with E-state index in [0.717, 1.165) is 27.7 Å². The number of primary amides is 1. The first-order valence-electron chi connectivity index (χ1n) is 9.60. The Bertz CT molecular complexity index is 1050. The van der Waals surface area contributed by atoms with E-state index in [-0.39, 0.29) is 12.1 Å². The number of carbonyl (C=O) groups excluding carboxylic acids is 3. The fourth-order valence-electron chi connectivity index (χ4n) is 4.01. The maximum absolute atomic E-state index is 13.2. The van der Waals surface area contributed by atoms with E-state index in [1.807, 2.05) is 0 Å². The van der Waals surface area contributed by atoms with Crippen molar-refractivity contribution in [1.82, 2.24) is 9.96 Å². The van der Waals surface area contributed by atoms with Crippen LogP contribution in [0, 0.1) is 5.92 Å². The Hall–Kier alpha value is -3.44. The van der Waals surface area contributed by atoms with E-state index in [4.69, 9.17) is 10.6 Å². The van der Waals surface area contributed by atoms with E-state index in [9.17, 15) is 27.6 Å². The van der Waals surface area contributed by atoms with Crippen molar-refractivity contribution in [3.8, 4) is 5.75 Å². The molecule has 2 aliphatic rings. The van der Waals surface area contributed by atoms with E-state index in [1.54, 1.807) is 30.3 Å². The standard InChI is InChI=1S/C21H18F3N3O5/c22-21(23,24)31-14-8-4-7-13(9-14)17-16-18(32-27(17)11-15(25)28)20(30)26(19(16)29)10-12-5-2-1-3-6-12/h1-9,16-18H,10-11H2,(H2,25,28). The average Bonchev–Trinajstić information content (AvgIpc) is 3.18. The minimum absolute atomic E-state index is 0.0225. The summed E-state index contributed by atoms with van der Waals surface area (Å²) in [5.74, 6) is -3.51. The average molecular weight is 449 g/mol. The van der Waals surface area contributed by atoms with Crippen molar-refractivity contribution in [2.75, 3.05) is 6.54 Å². The zero-order valence-corrected chi connectivity index (χ0v) is 16.5. The third-order valence-electron chi connectivity index (χ3n) is 5.21. The number of benzene rings is 2. The van der Waals surface area contributed by atoms with Crippen molar-refractivity contribution in [2.45, 2.75) is 25.1 Å². The summed E-state index contributed by atoms with van der Waals surface area (Å²) in [6, 6.07) is 12.8. The number of imide groups is 1. The molecule has 2 heterocycles. The molecule has 2 aliphatic heterocycles. The van der Waals surface area contributed by atoms with Gasteiger partial charge in [-0.2, -0.15) is 5.06 Å². The number of amides is 3. The summed E-state index contributed by atoms with van der Waals surface area (Å²) < 4.78 is 41.9. The molecular formula is C21H18F3N3O5. The largest absolute Gasteiger partial charge is 0.573 e. The Kier molecular flexibility index (Phi) is 5.61. The molecule has 2 fully saturated rings. The Labute approximate surface area is 180 Å². The molecule has 0 aromatic heterocycles. The third-order valence-corrected chi connectivity index (χ3v) is 5.21. The molecule has 0 spiro atoms. The zero-order chi connectivity index (χ0) is 23.0. The van der Waals surface area contributed by atoms with Gasteiger partial charge < -0.3 is 10.5 Å². The highest BCUT2D eigenvalue weighted by Gasteiger charge is 2.59. The van der Waals surface area contributed by atoms with Gasteiger partial charge in [0.1, 0.15) is 12.3 Å². The summed E-state index contributed by atoms with van der Waals surface area (Å²) >= 11 is 0. The van der Waals surface area contributed by atoms with Gasteiger partial charge in [-0.1, -0.05) is 42.5 Å². The number of nitrogens with two attached hydrogens (primary N) is 1. The van der Waals surface area contributed by atoms with Crippen LogP contribution in [0.2, 0.25) is 0 Å². The van der Waals surface area contributed by atoms with Crippen LogP contribution < -0.4 is 10.5 Å². The van der Waals surface area contributed by atoms with Gasteiger partial charge in [0.25, 0.3) is 5.91 Å². The Balaban J connectivity index is 1.67. The fraction of sp³-hybridized carbons (Fsp3) is 0.286. The third kappa shape index (κ3) is 4.30. The molecule has 3 unspecified atom stereocenters. The molecule has 2 aromatic rings. The first kappa shape index (κ1) is 21.8. The number of hydroxylamine groups is 2. The lowest BCUT2D eigenvalue weighted by molar-refractivity contribution is -0.274. The summed E-state index contributed by atoms with van der Waals surface area (Å²) in [5, 5.41) is 1.07. The van der Waals surface area contributed by atoms with Crippen LogP contribution in [-0.2, 0) is 25.8 Å². The Morgan fingerprint density at radius 2 is 1.78 bits per heavy atom. The number of ether oxygens (including phenoxy) is 1. The first-order chi connectivity index (χ1) is 15.1. The summed E-state index contributed by atoms with van der Waals surface area (Å²) in [6.07, 6.45) is -6.13. The summed E-state index contributed by atoms with van der Waals surface area (Å²) in [4.78, 5) is 44.3. The molecular weight excluding hydrogens is 431 g/mol. The van der Waals surface area contributed by atoms with Crippen molar-refractivity contribution in [3.05, 3.63) is 65.7 Å². The van der Waals surface area contributed by atoms with Crippen LogP contribution in [0.3, 0.4) is 0 Å². The number of hydrogen-bond acceptors (Lipinski definition) is 6. The highest BCUT2D eigenvalue weighted by molar-refractivity contribution is 6.07. The molecule has 32 heavy (non-hydrogen) atoms. The second-order valence-corrected chi connectivity index (χ2v) is 7.41. The predicted octanol–water partition coefficient (Wildman–Crippen LogP) is 1.91. The van der Waals surface area contributed by atoms with Crippen molar-refractivity contribution >= 4 is 17.7 Å². The van der Waals surface area contributed by atoms with E-state index >= 15 is 0 Å². The predicted molar refractivity (Wildman–Crippen MR) is 102 cm³/mol. The topological polar surface area (TPSA) is 102 Å². The second-order valence-electron chi connectivity index (χ2n) is 7.41. The van der Waals surface area contributed by atoms with Gasteiger partial charge in [-0.3, -0.25) is 24.1 Å². The molecule has 0 aliphatic carbocycles. The van der Waals surface area contributed by atoms with Crippen LogP contribution in [0.4, 0.5) is 13.2 Å². The molecule has 8 nitrogen and oxygen atoms in total. The molecule has 11 heteroatoms. The quantitative estimate of drug-likeness (QED) is 0.676. The van der Waals surface area contributed by atoms with Crippen LogP contribution >= 0.6 is 0 Å². The molecule has 0 bridgehead atoms. The number of likely N-dealkylation sites (tertiary alicyclic amines) is 1. The van der Waals surface area contributed by atoms with Crippen LogP contribution in [0.25, 0.3) is 0 Å². The van der Waals surface area contributed by atoms with Crippen LogP contribution in [-0.4, -0.2) is 46.7 Å². The SMILES string of the molecule is NC(=O)CN1OC2C(=O)N(Cc3ccccc3)C(=O)C2C1c1cccc(OC(F)(F)F)c1. The normalized spacial score (nSPS) is 23.5. The number of hydrogen-bond donors (Lipinski definition) is 1. The summed E-state index contributed by atoms with van der Waals surface area (Å²) in [5.41, 5.74) is 6.19. The molecule has 3 amide bonds. The molecule has 2 aromatic carbocycles. The smallest absolute Gasteiger partial charge is 0.406 e. The second kappa shape index (κ2) is 8.24. The molecule has 0 saturated carbocycles. The molecule has 0 radical (unpaired) electrons. The van der Waals surface area contributed by atoms with Crippen molar-refractivity contribution in [3.63, 3.8) is 0 Å². The molecule has 3 atom stereocenters. The minimum Gasteiger partial charge on any atom is -0.406 e. The number of alkyl halides is 3. The van der Waals surface area contributed by atoms with Gasteiger partial charge in [0.15, 0.2) is 6.10 Å². The zero-order valence-electron chi connectivity index (χ0n) is 16.5. The number of halogens is 3. The summed E-state index contributed by atoms with van der Waals surface area (Å²) in [7, 11) is 0. The maximum atomic E-state index is 13.2. The Morgan fingerprint density at radius 1 is 1.06 bits per heavy atom. The highest BCUT2D eigenvalue weighted by atomic mass is 19.4. The van der Waals surface area contributed by atoms with Crippen molar-refractivity contribution in [2.24, 2.45) is 11.7 Å². The lowest BCUT2D eigenvalue weighted by Gasteiger charge is -2.26.